The third-order valence-electron chi connectivity index (χ3n) is 4.80. The fourth-order valence-electron chi connectivity index (χ4n) is 3.84. The quantitative estimate of drug-likeness (QED) is 0.857. The number of ether oxygens (including phenoxy) is 1. The molecule has 2 saturated heterocycles. The Balaban J connectivity index is 1.71. The fourth-order valence-corrected chi connectivity index (χ4v) is 3.84. The molecule has 0 unspecified atom stereocenters. The van der Waals surface area contributed by atoms with Gasteiger partial charge in [0.25, 0.3) is 0 Å². The third-order valence-corrected chi connectivity index (χ3v) is 4.80. The molecular formula is C18H23F3N2O3. The predicted molar refractivity (Wildman–Crippen MR) is 88.8 cm³/mol. The van der Waals surface area contributed by atoms with Crippen LogP contribution in [0.25, 0.3) is 0 Å². The van der Waals surface area contributed by atoms with E-state index in [0.29, 0.717) is 32.8 Å². The van der Waals surface area contributed by atoms with Crippen molar-refractivity contribution >= 4 is 5.97 Å². The van der Waals surface area contributed by atoms with Crippen molar-refractivity contribution in [1.82, 2.24) is 9.80 Å². The number of carboxylic acid groups (broad SMARTS) is 1. The zero-order valence-electron chi connectivity index (χ0n) is 14.4. The molecule has 0 aromatic heterocycles. The number of halogens is 3. The lowest BCUT2D eigenvalue weighted by molar-refractivity contribution is -0.138. The summed E-state index contributed by atoms with van der Waals surface area (Å²) >= 11 is 0. The second-order valence-corrected chi connectivity index (χ2v) is 7.19. The molecule has 0 amide bonds. The Morgan fingerprint density at radius 2 is 1.96 bits per heavy atom. The molecule has 144 valence electrons. The van der Waals surface area contributed by atoms with Gasteiger partial charge in [-0.25, -0.2) is 0 Å². The van der Waals surface area contributed by atoms with Crippen LogP contribution >= 0.6 is 0 Å². The van der Waals surface area contributed by atoms with Crippen LogP contribution in [0.2, 0.25) is 0 Å². The summed E-state index contributed by atoms with van der Waals surface area (Å²) in [5, 5.41) is 9.07. The minimum atomic E-state index is -4.22. The van der Waals surface area contributed by atoms with E-state index in [1.807, 2.05) is 11.0 Å². The van der Waals surface area contributed by atoms with E-state index in [0.717, 1.165) is 12.1 Å². The Hall–Kier alpha value is -1.64. The monoisotopic (exact) mass is 372 g/mol. The van der Waals surface area contributed by atoms with E-state index in [4.69, 9.17) is 9.84 Å². The Morgan fingerprint density at radius 1 is 1.19 bits per heavy atom. The third kappa shape index (κ3) is 5.43. The van der Waals surface area contributed by atoms with Crippen LogP contribution in [0.1, 0.15) is 11.1 Å². The number of benzene rings is 1. The van der Waals surface area contributed by atoms with Crippen molar-refractivity contribution < 1.29 is 27.8 Å². The van der Waals surface area contributed by atoms with Crippen LogP contribution < -0.4 is 0 Å². The zero-order chi connectivity index (χ0) is 18.7. The van der Waals surface area contributed by atoms with Gasteiger partial charge in [0.15, 0.2) is 0 Å². The molecule has 0 saturated carbocycles. The lowest BCUT2D eigenvalue weighted by atomic mass is 10.1. The molecule has 1 aromatic carbocycles. The largest absolute Gasteiger partial charge is 0.480 e. The van der Waals surface area contributed by atoms with Gasteiger partial charge in [-0.05, 0) is 11.1 Å². The number of hydrogen-bond donors (Lipinski definition) is 1. The summed E-state index contributed by atoms with van der Waals surface area (Å²) in [5.74, 6) is -0.655. The summed E-state index contributed by atoms with van der Waals surface area (Å²) in [6.07, 6.45) is -5.15. The number of nitrogens with zero attached hydrogens (tertiary/aromatic N) is 2. The van der Waals surface area contributed by atoms with Crippen molar-refractivity contribution in [1.29, 1.82) is 0 Å². The molecule has 3 rings (SSSR count). The fraction of sp³-hybridized carbons (Fsp3) is 0.611. The molecule has 2 bridgehead atoms. The van der Waals surface area contributed by atoms with E-state index in [1.54, 1.807) is 12.1 Å². The topological polar surface area (TPSA) is 53.0 Å². The maximum absolute atomic E-state index is 12.6. The van der Waals surface area contributed by atoms with E-state index >= 15 is 0 Å². The summed E-state index contributed by atoms with van der Waals surface area (Å²) in [5.41, 5.74) is 1.10. The Kier molecular flexibility index (Phi) is 5.84. The molecule has 1 N–H and O–H groups in total. The molecular weight excluding hydrogens is 349 g/mol. The lowest BCUT2D eigenvalue weighted by Crippen LogP contribution is -2.44. The average Bonchev–Trinajstić information content (AvgIpc) is 2.75. The molecule has 2 atom stereocenters. The number of fused-ring (bicyclic) bond motifs is 3. The van der Waals surface area contributed by atoms with E-state index < -0.39 is 18.6 Å². The molecule has 2 fully saturated rings. The minimum Gasteiger partial charge on any atom is -0.480 e. The highest BCUT2D eigenvalue weighted by Gasteiger charge is 2.34. The molecule has 0 spiro atoms. The highest BCUT2D eigenvalue weighted by Crippen LogP contribution is 2.24. The van der Waals surface area contributed by atoms with Crippen LogP contribution in [0.4, 0.5) is 13.2 Å². The van der Waals surface area contributed by atoms with Gasteiger partial charge in [0.1, 0.15) is 0 Å². The van der Waals surface area contributed by atoms with E-state index in [-0.39, 0.29) is 24.1 Å². The first-order valence-electron chi connectivity index (χ1n) is 8.69. The van der Waals surface area contributed by atoms with Crippen molar-refractivity contribution in [2.45, 2.75) is 25.2 Å². The van der Waals surface area contributed by atoms with Crippen LogP contribution in [0.3, 0.4) is 0 Å². The minimum absolute atomic E-state index is 0.00189. The van der Waals surface area contributed by atoms with Gasteiger partial charge in [-0.1, -0.05) is 24.3 Å². The van der Waals surface area contributed by atoms with Crippen molar-refractivity contribution in [3.8, 4) is 0 Å². The molecule has 2 heterocycles. The number of aliphatic carboxylic acids is 1. The molecule has 0 radical (unpaired) electrons. The van der Waals surface area contributed by atoms with Crippen molar-refractivity contribution in [3.05, 3.63) is 35.4 Å². The molecule has 5 nitrogen and oxygen atoms in total. The Bertz CT molecular complexity index is 638. The van der Waals surface area contributed by atoms with E-state index in [9.17, 15) is 18.0 Å². The highest BCUT2D eigenvalue weighted by molar-refractivity contribution is 5.69. The van der Waals surface area contributed by atoms with Gasteiger partial charge in [0.2, 0.25) is 0 Å². The maximum Gasteiger partial charge on any atom is 0.393 e. The van der Waals surface area contributed by atoms with Crippen LogP contribution in [0.5, 0.6) is 0 Å². The SMILES string of the molecule is O=C(O)CN1C[C@@H]2COC[C@H](C1)N(Cc1cccc(CC(F)(F)F)c1)C2. The summed E-state index contributed by atoms with van der Waals surface area (Å²) in [6.45, 7) is 3.63. The maximum atomic E-state index is 12.6. The van der Waals surface area contributed by atoms with Gasteiger partial charge in [0.05, 0.1) is 26.2 Å². The summed E-state index contributed by atoms with van der Waals surface area (Å²) < 4.78 is 43.6. The predicted octanol–water partition coefficient (Wildman–Crippen LogP) is 2.01. The Morgan fingerprint density at radius 3 is 2.69 bits per heavy atom. The number of rotatable bonds is 5. The zero-order valence-corrected chi connectivity index (χ0v) is 14.4. The van der Waals surface area contributed by atoms with Crippen molar-refractivity contribution in [2.75, 3.05) is 39.4 Å². The first-order valence-corrected chi connectivity index (χ1v) is 8.69. The molecule has 1 aromatic rings. The molecule has 0 aliphatic carbocycles. The average molecular weight is 372 g/mol. The standard InChI is InChI=1S/C18H23F3N2O3/c19-18(20,21)5-13-2-1-3-14(4-13)7-23-8-15-6-22(10-17(24)25)9-16(23)12-26-11-15/h1-4,15-16H,5-12H2,(H,24,25)/t15-,16-/m0/s1. The first kappa shape index (κ1) is 19.1. The summed E-state index contributed by atoms with van der Waals surface area (Å²) in [4.78, 5) is 15.2. The molecule has 26 heavy (non-hydrogen) atoms. The lowest BCUT2D eigenvalue weighted by Gasteiger charge is -2.30. The van der Waals surface area contributed by atoms with Gasteiger partial charge in [-0.3, -0.25) is 14.6 Å². The van der Waals surface area contributed by atoms with E-state index in [1.165, 1.54) is 6.07 Å². The van der Waals surface area contributed by atoms with Crippen LogP contribution in [-0.2, 0) is 22.5 Å². The number of hydrogen-bond acceptors (Lipinski definition) is 4. The normalized spacial score (nSPS) is 25.0. The van der Waals surface area contributed by atoms with E-state index in [2.05, 4.69) is 4.90 Å². The van der Waals surface area contributed by atoms with Gasteiger partial charge in [-0.15, -0.1) is 0 Å². The van der Waals surface area contributed by atoms with Gasteiger partial charge < -0.3 is 9.84 Å². The second-order valence-electron chi connectivity index (χ2n) is 7.19. The Labute approximate surface area is 150 Å². The summed E-state index contributed by atoms with van der Waals surface area (Å²) in [7, 11) is 0. The smallest absolute Gasteiger partial charge is 0.393 e. The first-order chi connectivity index (χ1) is 12.3. The molecule has 8 heteroatoms. The highest BCUT2D eigenvalue weighted by atomic mass is 19.4. The van der Waals surface area contributed by atoms with Gasteiger partial charge in [-0.2, -0.15) is 13.2 Å². The van der Waals surface area contributed by atoms with Crippen molar-refractivity contribution in [2.24, 2.45) is 5.92 Å². The van der Waals surface area contributed by atoms with Gasteiger partial charge >= 0.3 is 12.1 Å². The second kappa shape index (κ2) is 7.94. The molecule has 2 aliphatic heterocycles. The number of carbonyl (C=O) groups is 1. The van der Waals surface area contributed by atoms with Crippen molar-refractivity contribution in [3.63, 3.8) is 0 Å². The van der Waals surface area contributed by atoms with Crippen LogP contribution in [0, 0.1) is 5.92 Å². The van der Waals surface area contributed by atoms with Gasteiger partial charge in [0, 0.05) is 38.1 Å². The number of carboxylic acids is 1. The summed E-state index contributed by atoms with van der Waals surface area (Å²) in [6, 6.07) is 6.64. The molecule has 2 aliphatic rings. The van der Waals surface area contributed by atoms with Crippen LogP contribution in [-0.4, -0.2) is 72.5 Å². The number of alkyl halides is 3. The van der Waals surface area contributed by atoms with Crippen LogP contribution in [0.15, 0.2) is 24.3 Å².